The van der Waals surface area contributed by atoms with Gasteiger partial charge >= 0.3 is 0 Å². The number of ether oxygens (including phenoxy) is 1. The third-order valence-electron chi connectivity index (χ3n) is 3.89. The maximum Gasteiger partial charge on any atom is 0.262 e. The van der Waals surface area contributed by atoms with Gasteiger partial charge < -0.3 is 15.2 Å². The maximum absolute atomic E-state index is 12.3. The van der Waals surface area contributed by atoms with Crippen LogP contribution in [-0.4, -0.2) is 17.6 Å². The molecule has 1 amide bonds. The van der Waals surface area contributed by atoms with Crippen molar-refractivity contribution in [3.63, 3.8) is 0 Å². The molecule has 2 N–H and O–H groups in total. The highest BCUT2D eigenvalue weighted by atomic mass is 32.2. The van der Waals surface area contributed by atoms with Gasteiger partial charge in [0.25, 0.3) is 5.91 Å². The standard InChI is InChI=1S/C22H24N2O3S/c1-15-6-8-19(25)18(12-15)24-21(26)14-27-20-9-7-16(28-11-5-10-23)13-17(20)22(2,3)4/h5-9,11-13,25H,14H2,1-4H3,(H,24,26)/b11-5+. The van der Waals surface area contributed by atoms with Gasteiger partial charge in [-0.05, 0) is 53.6 Å². The van der Waals surface area contributed by atoms with Gasteiger partial charge in [-0.25, -0.2) is 0 Å². The second-order valence-electron chi connectivity index (χ2n) is 7.32. The van der Waals surface area contributed by atoms with Gasteiger partial charge in [-0.2, -0.15) is 5.26 Å². The maximum atomic E-state index is 12.3. The van der Waals surface area contributed by atoms with E-state index < -0.39 is 0 Å². The number of nitrogens with zero attached hydrogens (tertiary/aromatic N) is 1. The van der Waals surface area contributed by atoms with Crippen molar-refractivity contribution in [3.05, 3.63) is 59.0 Å². The molecule has 0 atom stereocenters. The predicted octanol–water partition coefficient (Wildman–Crippen LogP) is 5.15. The molecule has 0 unspecified atom stereocenters. The van der Waals surface area contributed by atoms with Crippen LogP contribution in [-0.2, 0) is 10.2 Å². The third-order valence-corrected chi connectivity index (χ3v) is 4.69. The molecule has 0 aliphatic heterocycles. The lowest BCUT2D eigenvalue weighted by molar-refractivity contribution is -0.118. The van der Waals surface area contributed by atoms with Gasteiger partial charge in [0.05, 0.1) is 11.8 Å². The van der Waals surface area contributed by atoms with Crippen LogP contribution in [0.4, 0.5) is 5.69 Å². The summed E-state index contributed by atoms with van der Waals surface area (Å²) in [6, 6.07) is 12.7. The topological polar surface area (TPSA) is 82.3 Å². The number of phenolic OH excluding ortho intramolecular Hbond substituents is 1. The second-order valence-corrected chi connectivity index (χ2v) is 8.29. The van der Waals surface area contributed by atoms with Crippen LogP contribution in [0.25, 0.3) is 0 Å². The van der Waals surface area contributed by atoms with E-state index in [-0.39, 0.29) is 23.7 Å². The van der Waals surface area contributed by atoms with Crippen molar-refractivity contribution in [2.75, 3.05) is 11.9 Å². The van der Waals surface area contributed by atoms with E-state index in [1.165, 1.54) is 17.8 Å². The molecule has 0 fully saturated rings. The molecule has 0 saturated carbocycles. The quantitative estimate of drug-likeness (QED) is 0.401. The molecular formula is C22H24N2O3S. The van der Waals surface area contributed by atoms with Gasteiger partial charge in [-0.3, -0.25) is 4.79 Å². The van der Waals surface area contributed by atoms with E-state index in [9.17, 15) is 9.90 Å². The van der Waals surface area contributed by atoms with E-state index >= 15 is 0 Å². The highest BCUT2D eigenvalue weighted by Gasteiger charge is 2.20. The molecular weight excluding hydrogens is 372 g/mol. The Morgan fingerprint density at radius 1 is 1.29 bits per heavy atom. The monoisotopic (exact) mass is 396 g/mol. The average Bonchev–Trinajstić information content (AvgIpc) is 2.63. The minimum Gasteiger partial charge on any atom is -0.506 e. The van der Waals surface area contributed by atoms with Crippen molar-refractivity contribution in [1.29, 1.82) is 5.26 Å². The number of anilines is 1. The van der Waals surface area contributed by atoms with Crippen LogP contribution >= 0.6 is 11.8 Å². The minimum absolute atomic E-state index is 0.0149. The summed E-state index contributed by atoms with van der Waals surface area (Å²) < 4.78 is 5.78. The first-order valence-corrected chi connectivity index (χ1v) is 9.67. The van der Waals surface area contributed by atoms with Gasteiger partial charge in [-0.15, -0.1) is 0 Å². The number of carbonyl (C=O) groups is 1. The molecule has 2 rings (SSSR count). The number of phenols is 1. The molecule has 146 valence electrons. The van der Waals surface area contributed by atoms with Crippen LogP contribution in [0, 0.1) is 18.3 Å². The number of amides is 1. The van der Waals surface area contributed by atoms with Crippen LogP contribution in [0.1, 0.15) is 31.9 Å². The normalized spacial score (nSPS) is 11.2. The van der Waals surface area contributed by atoms with E-state index in [1.54, 1.807) is 23.6 Å². The second kappa shape index (κ2) is 9.34. The molecule has 0 aromatic heterocycles. The Morgan fingerprint density at radius 3 is 2.71 bits per heavy atom. The molecule has 0 aliphatic carbocycles. The number of aromatic hydroxyl groups is 1. The highest BCUT2D eigenvalue weighted by Crippen LogP contribution is 2.35. The Balaban J connectivity index is 2.12. The SMILES string of the molecule is Cc1ccc(O)c(NC(=O)COc2ccc(S/C=C/C#N)cc2C(C)(C)C)c1. The summed E-state index contributed by atoms with van der Waals surface area (Å²) in [7, 11) is 0. The predicted molar refractivity (Wildman–Crippen MR) is 113 cm³/mol. The zero-order valence-corrected chi connectivity index (χ0v) is 17.3. The fourth-order valence-corrected chi connectivity index (χ4v) is 3.14. The summed E-state index contributed by atoms with van der Waals surface area (Å²) in [4.78, 5) is 13.2. The molecule has 2 aromatic rings. The van der Waals surface area contributed by atoms with Crippen LogP contribution < -0.4 is 10.1 Å². The third kappa shape index (κ3) is 6.07. The van der Waals surface area contributed by atoms with Gasteiger partial charge in [0, 0.05) is 16.5 Å². The lowest BCUT2D eigenvalue weighted by atomic mass is 9.86. The van der Waals surface area contributed by atoms with Crippen LogP contribution in [0.2, 0.25) is 0 Å². The summed E-state index contributed by atoms with van der Waals surface area (Å²) in [6.07, 6.45) is 1.43. The zero-order chi connectivity index (χ0) is 20.7. The lowest BCUT2D eigenvalue weighted by Gasteiger charge is -2.23. The smallest absolute Gasteiger partial charge is 0.262 e. The van der Waals surface area contributed by atoms with Gasteiger partial charge in [-0.1, -0.05) is 38.6 Å². The number of thioether (sulfide) groups is 1. The van der Waals surface area contributed by atoms with E-state index in [4.69, 9.17) is 10.00 Å². The van der Waals surface area contributed by atoms with Crippen molar-refractivity contribution in [1.82, 2.24) is 0 Å². The Labute approximate surface area is 170 Å². The lowest BCUT2D eigenvalue weighted by Crippen LogP contribution is -2.22. The first-order chi connectivity index (χ1) is 13.2. The van der Waals surface area contributed by atoms with E-state index in [2.05, 4.69) is 26.1 Å². The van der Waals surface area contributed by atoms with Gasteiger partial charge in [0.2, 0.25) is 0 Å². The first kappa shape index (κ1) is 21.4. The van der Waals surface area contributed by atoms with Crippen LogP contribution in [0.15, 0.2) is 52.8 Å². The molecule has 0 bridgehead atoms. The molecule has 0 heterocycles. The Kier molecular flexibility index (Phi) is 7.13. The average molecular weight is 397 g/mol. The molecule has 0 radical (unpaired) electrons. The number of allylic oxidation sites excluding steroid dienone is 1. The van der Waals surface area contributed by atoms with Crippen molar-refractivity contribution < 1.29 is 14.6 Å². The van der Waals surface area contributed by atoms with Crippen molar-refractivity contribution >= 4 is 23.4 Å². The molecule has 6 heteroatoms. The van der Waals surface area contributed by atoms with Crippen molar-refractivity contribution in [3.8, 4) is 17.6 Å². The number of nitrogens with one attached hydrogen (secondary N) is 1. The largest absolute Gasteiger partial charge is 0.506 e. The van der Waals surface area contributed by atoms with Crippen molar-refractivity contribution in [2.24, 2.45) is 0 Å². The molecule has 0 saturated heterocycles. The Morgan fingerprint density at radius 2 is 2.04 bits per heavy atom. The number of benzene rings is 2. The number of aryl methyl sites for hydroxylation is 1. The summed E-state index contributed by atoms with van der Waals surface area (Å²) in [5.74, 6) is 0.294. The summed E-state index contributed by atoms with van der Waals surface area (Å²) in [5, 5.41) is 22.9. The van der Waals surface area contributed by atoms with Crippen molar-refractivity contribution in [2.45, 2.75) is 38.0 Å². The minimum atomic E-state index is -0.351. The summed E-state index contributed by atoms with van der Waals surface area (Å²) >= 11 is 1.45. The summed E-state index contributed by atoms with van der Waals surface area (Å²) in [5.41, 5.74) is 2.08. The van der Waals surface area contributed by atoms with Gasteiger partial charge in [0.15, 0.2) is 6.61 Å². The molecule has 0 spiro atoms. The highest BCUT2D eigenvalue weighted by molar-refractivity contribution is 8.02. The van der Waals surface area contributed by atoms with Crippen LogP contribution in [0.3, 0.4) is 0 Å². The number of nitriles is 1. The fourth-order valence-electron chi connectivity index (χ4n) is 2.52. The zero-order valence-electron chi connectivity index (χ0n) is 16.4. The van der Waals surface area contributed by atoms with Crippen LogP contribution in [0.5, 0.6) is 11.5 Å². The first-order valence-electron chi connectivity index (χ1n) is 8.79. The van der Waals surface area contributed by atoms with Gasteiger partial charge in [0.1, 0.15) is 11.5 Å². The molecule has 5 nitrogen and oxygen atoms in total. The number of carbonyl (C=O) groups excluding carboxylic acids is 1. The molecule has 28 heavy (non-hydrogen) atoms. The molecule has 0 aliphatic rings. The number of rotatable bonds is 6. The Hall–Kier alpha value is -2.91. The Bertz CT molecular complexity index is 924. The number of hydrogen-bond donors (Lipinski definition) is 2. The number of hydrogen-bond acceptors (Lipinski definition) is 5. The van der Waals surface area contributed by atoms with E-state index in [1.807, 2.05) is 31.2 Å². The van der Waals surface area contributed by atoms with E-state index in [0.717, 1.165) is 16.0 Å². The van der Waals surface area contributed by atoms with E-state index in [0.29, 0.717) is 11.4 Å². The summed E-state index contributed by atoms with van der Waals surface area (Å²) in [6.45, 7) is 7.92. The molecule has 2 aromatic carbocycles. The fraction of sp³-hybridized carbons (Fsp3) is 0.273.